The summed E-state index contributed by atoms with van der Waals surface area (Å²) in [6.45, 7) is 0. The maximum Gasteiger partial charge on any atom is 0.434 e. The first-order chi connectivity index (χ1) is 9.60. The van der Waals surface area contributed by atoms with Crippen LogP contribution in [0.5, 0.6) is 5.75 Å². The molecule has 2 rings (SSSR count). The second-order valence-electron chi connectivity index (χ2n) is 4.14. The number of pyridine rings is 1. The molecular weight excluding hydrogens is 302 g/mol. The number of nitrogen functional groups attached to an aromatic ring is 1. The first-order valence-electron chi connectivity index (χ1n) is 5.54. The van der Waals surface area contributed by atoms with Crippen LogP contribution < -0.4 is 10.5 Å². The first kappa shape index (κ1) is 15.2. The van der Waals surface area contributed by atoms with E-state index in [0.717, 1.165) is 6.20 Å². The predicted octanol–water partition coefficient (Wildman–Crippen LogP) is 3.69. The number of ether oxygens (including phenoxy) is 1. The van der Waals surface area contributed by atoms with Gasteiger partial charge in [0.15, 0.2) is 5.75 Å². The van der Waals surface area contributed by atoms with Crippen molar-refractivity contribution in [1.29, 1.82) is 0 Å². The third-order valence-corrected chi connectivity index (χ3v) is 2.58. The summed E-state index contributed by atoms with van der Waals surface area (Å²) in [5.74, 6) is -0.694. The Morgan fingerprint density at radius 1 is 1.00 bits per heavy atom. The summed E-state index contributed by atoms with van der Waals surface area (Å²) in [4.78, 5) is 3.81. The fourth-order valence-corrected chi connectivity index (χ4v) is 1.70. The molecule has 0 bridgehead atoms. The number of anilines is 1. The Bertz CT molecular complexity index is 638. The van der Waals surface area contributed by atoms with E-state index in [1.807, 2.05) is 0 Å². The SMILES string of the molecule is Nc1cnc2ccccc2c1OC(C(F)(F)F)C(F)(F)F. The average molecular weight is 310 g/mol. The summed E-state index contributed by atoms with van der Waals surface area (Å²) in [6, 6.07) is 5.64. The van der Waals surface area contributed by atoms with Gasteiger partial charge in [0, 0.05) is 5.39 Å². The molecule has 0 radical (unpaired) electrons. The van der Waals surface area contributed by atoms with Gasteiger partial charge in [-0.3, -0.25) is 4.98 Å². The van der Waals surface area contributed by atoms with Crippen LogP contribution in [0.3, 0.4) is 0 Å². The largest absolute Gasteiger partial charge is 0.468 e. The van der Waals surface area contributed by atoms with Gasteiger partial charge in [-0.15, -0.1) is 0 Å². The first-order valence-corrected chi connectivity index (χ1v) is 5.54. The van der Waals surface area contributed by atoms with Gasteiger partial charge in [-0.05, 0) is 12.1 Å². The van der Waals surface area contributed by atoms with E-state index in [4.69, 9.17) is 5.73 Å². The van der Waals surface area contributed by atoms with Crippen molar-refractivity contribution in [2.75, 3.05) is 5.73 Å². The van der Waals surface area contributed by atoms with E-state index in [9.17, 15) is 26.3 Å². The maximum atomic E-state index is 12.5. The van der Waals surface area contributed by atoms with Crippen molar-refractivity contribution < 1.29 is 31.1 Å². The molecule has 0 atom stereocenters. The molecule has 2 aromatic rings. The number of rotatable bonds is 2. The van der Waals surface area contributed by atoms with Gasteiger partial charge in [0.1, 0.15) is 0 Å². The normalized spacial score (nSPS) is 12.9. The monoisotopic (exact) mass is 310 g/mol. The van der Waals surface area contributed by atoms with Crippen LogP contribution >= 0.6 is 0 Å². The number of nitrogens with zero attached hydrogens (tertiary/aromatic N) is 1. The number of hydrogen-bond donors (Lipinski definition) is 1. The lowest BCUT2D eigenvalue weighted by atomic mass is 10.2. The number of nitrogens with two attached hydrogens (primary N) is 1. The molecule has 1 aromatic heterocycles. The molecular formula is C12H8F6N2O. The minimum Gasteiger partial charge on any atom is -0.468 e. The number of benzene rings is 1. The zero-order chi connectivity index (χ0) is 15.8. The molecule has 114 valence electrons. The second kappa shape index (κ2) is 4.97. The van der Waals surface area contributed by atoms with Gasteiger partial charge in [-0.1, -0.05) is 12.1 Å². The number of hydrogen-bond acceptors (Lipinski definition) is 3. The third-order valence-electron chi connectivity index (χ3n) is 2.58. The molecule has 21 heavy (non-hydrogen) atoms. The van der Waals surface area contributed by atoms with Crippen LogP contribution in [0.15, 0.2) is 30.5 Å². The van der Waals surface area contributed by atoms with Gasteiger partial charge in [0.25, 0.3) is 6.10 Å². The van der Waals surface area contributed by atoms with Crippen LogP contribution in [0.2, 0.25) is 0 Å². The molecule has 1 aromatic carbocycles. The van der Waals surface area contributed by atoms with Crippen LogP contribution in [-0.2, 0) is 0 Å². The fourth-order valence-electron chi connectivity index (χ4n) is 1.70. The third kappa shape index (κ3) is 3.11. The lowest BCUT2D eigenvalue weighted by molar-refractivity contribution is -0.299. The number of alkyl halides is 6. The van der Waals surface area contributed by atoms with Crippen molar-refractivity contribution in [2.24, 2.45) is 0 Å². The highest BCUT2D eigenvalue weighted by Crippen LogP contribution is 2.40. The van der Waals surface area contributed by atoms with Gasteiger partial charge in [0.05, 0.1) is 17.4 Å². The minimum atomic E-state index is -5.62. The lowest BCUT2D eigenvalue weighted by Crippen LogP contribution is -2.46. The Morgan fingerprint density at radius 2 is 1.57 bits per heavy atom. The van der Waals surface area contributed by atoms with Crippen molar-refractivity contribution in [2.45, 2.75) is 18.5 Å². The zero-order valence-electron chi connectivity index (χ0n) is 10.2. The molecule has 0 aliphatic heterocycles. The van der Waals surface area contributed by atoms with Crippen LogP contribution in [0.4, 0.5) is 32.0 Å². The Labute approximate surface area is 114 Å². The number of halogens is 6. The summed E-state index contributed by atoms with van der Waals surface area (Å²) >= 11 is 0. The van der Waals surface area contributed by atoms with E-state index in [1.165, 1.54) is 24.3 Å². The summed E-state index contributed by atoms with van der Waals surface area (Å²) in [7, 11) is 0. The molecule has 0 aliphatic rings. The zero-order valence-corrected chi connectivity index (χ0v) is 10.2. The molecule has 0 saturated heterocycles. The molecule has 0 aliphatic carbocycles. The average Bonchev–Trinajstić information content (AvgIpc) is 2.34. The van der Waals surface area contributed by atoms with Crippen molar-refractivity contribution in [3.63, 3.8) is 0 Å². The lowest BCUT2D eigenvalue weighted by Gasteiger charge is -2.25. The number of aromatic nitrogens is 1. The van der Waals surface area contributed by atoms with Crippen LogP contribution in [0.1, 0.15) is 0 Å². The van der Waals surface area contributed by atoms with E-state index in [2.05, 4.69) is 9.72 Å². The van der Waals surface area contributed by atoms with Crippen molar-refractivity contribution in [3.8, 4) is 5.75 Å². The van der Waals surface area contributed by atoms with Gasteiger partial charge in [-0.25, -0.2) is 0 Å². The van der Waals surface area contributed by atoms with E-state index >= 15 is 0 Å². The van der Waals surface area contributed by atoms with Crippen LogP contribution in [-0.4, -0.2) is 23.4 Å². The van der Waals surface area contributed by atoms with Gasteiger partial charge < -0.3 is 10.5 Å². The highest BCUT2D eigenvalue weighted by molar-refractivity contribution is 5.89. The summed E-state index contributed by atoms with van der Waals surface area (Å²) < 4.78 is 79.4. The Balaban J connectivity index is 2.54. The number of fused-ring (bicyclic) bond motifs is 1. The Kier molecular flexibility index (Phi) is 3.60. The highest BCUT2D eigenvalue weighted by Gasteiger charge is 2.59. The van der Waals surface area contributed by atoms with E-state index in [0.29, 0.717) is 0 Å². The summed E-state index contributed by atoms with van der Waals surface area (Å²) in [5, 5.41) is -0.0315. The molecule has 0 unspecified atom stereocenters. The standard InChI is InChI=1S/C12H8F6N2O/c13-11(14,15)10(12(16,17)18)21-9-6-3-1-2-4-8(6)20-5-7(9)19/h1-5,10H,19H2. The van der Waals surface area contributed by atoms with E-state index in [1.54, 1.807) is 0 Å². The maximum absolute atomic E-state index is 12.5. The smallest absolute Gasteiger partial charge is 0.434 e. The highest BCUT2D eigenvalue weighted by atomic mass is 19.4. The molecule has 0 spiro atoms. The second-order valence-corrected chi connectivity index (χ2v) is 4.14. The molecule has 2 N–H and O–H groups in total. The molecule has 1 heterocycles. The number of para-hydroxylation sites is 1. The molecule has 3 nitrogen and oxygen atoms in total. The topological polar surface area (TPSA) is 48.1 Å². The minimum absolute atomic E-state index is 0.0315. The van der Waals surface area contributed by atoms with Crippen molar-refractivity contribution in [1.82, 2.24) is 4.98 Å². The quantitative estimate of drug-likeness (QED) is 0.861. The Hall–Kier alpha value is -2.19. The van der Waals surface area contributed by atoms with Gasteiger partial charge in [0.2, 0.25) is 0 Å². The van der Waals surface area contributed by atoms with Crippen molar-refractivity contribution >= 4 is 16.6 Å². The van der Waals surface area contributed by atoms with Crippen LogP contribution in [0, 0.1) is 0 Å². The fraction of sp³-hybridized carbons (Fsp3) is 0.250. The van der Waals surface area contributed by atoms with E-state index < -0.39 is 29.9 Å². The van der Waals surface area contributed by atoms with Crippen LogP contribution in [0.25, 0.3) is 10.9 Å². The van der Waals surface area contributed by atoms with E-state index in [-0.39, 0.29) is 10.9 Å². The molecule has 0 fully saturated rings. The molecule has 0 saturated carbocycles. The molecule has 0 amide bonds. The van der Waals surface area contributed by atoms with Gasteiger partial charge in [-0.2, -0.15) is 26.3 Å². The Morgan fingerprint density at radius 3 is 2.14 bits per heavy atom. The predicted molar refractivity (Wildman–Crippen MR) is 62.7 cm³/mol. The molecule has 9 heteroatoms. The van der Waals surface area contributed by atoms with Crippen molar-refractivity contribution in [3.05, 3.63) is 30.5 Å². The van der Waals surface area contributed by atoms with Gasteiger partial charge >= 0.3 is 12.4 Å². The summed E-state index contributed by atoms with van der Waals surface area (Å²) in [5.41, 5.74) is 5.16. The summed E-state index contributed by atoms with van der Waals surface area (Å²) in [6.07, 6.45) is -14.2.